The van der Waals surface area contributed by atoms with Crippen molar-refractivity contribution in [1.82, 2.24) is 15.3 Å². The summed E-state index contributed by atoms with van der Waals surface area (Å²) in [6.45, 7) is 3.16. The van der Waals surface area contributed by atoms with Gasteiger partial charge in [0.1, 0.15) is 6.10 Å². The second-order valence-corrected chi connectivity index (χ2v) is 3.57. The van der Waals surface area contributed by atoms with Crippen molar-refractivity contribution in [2.75, 3.05) is 6.54 Å². The Morgan fingerprint density at radius 2 is 2.50 bits per heavy atom. The summed E-state index contributed by atoms with van der Waals surface area (Å²) in [6.07, 6.45) is 7.51. The van der Waals surface area contributed by atoms with Crippen molar-refractivity contribution in [1.29, 1.82) is 0 Å². The lowest BCUT2D eigenvalue weighted by Gasteiger charge is -2.19. The Kier molecular flexibility index (Phi) is 2.93. The van der Waals surface area contributed by atoms with Gasteiger partial charge in [0, 0.05) is 18.4 Å². The zero-order valence-electron chi connectivity index (χ0n) is 8.31. The number of ether oxygens (including phenoxy) is 1. The van der Waals surface area contributed by atoms with Crippen LogP contribution in [-0.2, 0) is 0 Å². The van der Waals surface area contributed by atoms with Crippen LogP contribution in [0.5, 0.6) is 5.88 Å². The molecule has 4 heteroatoms. The van der Waals surface area contributed by atoms with Crippen molar-refractivity contribution < 1.29 is 4.74 Å². The molecule has 14 heavy (non-hydrogen) atoms. The Morgan fingerprint density at radius 3 is 3.14 bits per heavy atom. The molecule has 0 spiro atoms. The summed E-state index contributed by atoms with van der Waals surface area (Å²) in [6, 6.07) is 0.456. The minimum Gasteiger partial charge on any atom is -0.472 e. The molecule has 1 aliphatic heterocycles. The fourth-order valence-electron chi connectivity index (χ4n) is 1.73. The van der Waals surface area contributed by atoms with E-state index in [0.29, 0.717) is 11.9 Å². The number of nitrogens with zero attached hydrogens (tertiary/aromatic N) is 2. The molecule has 1 aromatic rings. The quantitative estimate of drug-likeness (QED) is 0.777. The zero-order chi connectivity index (χ0) is 9.80. The maximum absolute atomic E-state index is 5.66. The van der Waals surface area contributed by atoms with Crippen molar-refractivity contribution in [3.05, 3.63) is 18.6 Å². The molecule has 1 N–H and O–H groups in total. The zero-order valence-corrected chi connectivity index (χ0v) is 8.31. The van der Waals surface area contributed by atoms with Gasteiger partial charge in [-0.1, -0.05) is 0 Å². The predicted molar refractivity (Wildman–Crippen MR) is 53.1 cm³/mol. The van der Waals surface area contributed by atoms with Crippen molar-refractivity contribution in [2.45, 2.75) is 31.9 Å². The summed E-state index contributed by atoms with van der Waals surface area (Å²) in [5.41, 5.74) is 0. The Morgan fingerprint density at radius 1 is 1.57 bits per heavy atom. The second kappa shape index (κ2) is 4.37. The molecule has 0 bridgehead atoms. The molecular formula is C10H15N3O. The van der Waals surface area contributed by atoms with E-state index in [9.17, 15) is 0 Å². The Bertz CT molecular complexity index is 272. The van der Waals surface area contributed by atoms with E-state index >= 15 is 0 Å². The smallest absolute Gasteiger partial charge is 0.232 e. The monoisotopic (exact) mass is 193 g/mol. The highest BCUT2D eigenvalue weighted by Gasteiger charge is 2.22. The van der Waals surface area contributed by atoms with E-state index in [2.05, 4.69) is 22.2 Å². The van der Waals surface area contributed by atoms with Gasteiger partial charge in [-0.2, -0.15) is 0 Å². The molecule has 0 aliphatic carbocycles. The summed E-state index contributed by atoms with van der Waals surface area (Å²) in [7, 11) is 0. The molecule has 1 saturated heterocycles. The normalized spacial score (nSPS) is 23.4. The van der Waals surface area contributed by atoms with Crippen LogP contribution in [-0.4, -0.2) is 28.7 Å². The van der Waals surface area contributed by atoms with E-state index in [1.165, 1.54) is 12.8 Å². The van der Waals surface area contributed by atoms with Gasteiger partial charge in [-0.3, -0.25) is 4.98 Å². The largest absolute Gasteiger partial charge is 0.472 e. The van der Waals surface area contributed by atoms with Crippen molar-refractivity contribution >= 4 is 0 Å². The van der Waals surface area contributed by atoms with E-state index in [1.54, 1.807) is 18.6 Å². The van der Waals surface area contributed by atoms with Gasteiger partial charge in [0.25, 0.3) is 0 Å². The molecule has 1 fully saturated rings. The van der Waals surface area contributed by atoms with Crippen LogP contribution in [0.25, 0.3) is 0 Å². The van der Waals surface area contributed by atoms with Crippen LogP contribution in [0.1, 0.15) is 19.8 Å². The fourth-order valence-corrected chi connectivity index (χ4v) is 1.73. The van der Waals surface area contributed by atoms with Crippen LogP contribution >= 0.6 is 0 Å². The summed E-state index contributed by atoms with van der Waals surface area (Å²) in [5, 5.41) is 3.40. The average Bonchev–Trinajstić information content (AvgIpc) is 2.72. The summed E-state index contributed by atoms with van der Waals surface area (Å²) in [5.74, 6) is 0.605. The van der Waals surface area contributed by atoms with Crippen molar-refractivity contribution in [2.24, 2.45) is 0 Å². The lowest BCUT2D eigenvalue weighted by molar-refractivity contribution is 0.172. The molecule has 1 aliphatic rings. The number of rotatable bonds is 3. The Balaban J connectivity index is 1.90. The second-order valence-electron chi connectivity index (χ2n) is 3.57. The standard InChI is InChI=1S/C10H15N3O/c1-8(9-3-2-4-12-9)14-10-7-11-5-6-13-10/h5-9,12H,2-4H2,1H3/t8-,9?/m0/s1. The molecule has 1 unspecified atom stereocenters. The van der Waals surface area contributed by atoms with Gasteiger partial charge >= 0.3 is 0 Å². The van der Waals surface area contributed by atoms with Crippen LogP contribution in [0.4, 0.5) is 0 Å². The van der Waals surface area contributed by atoms with Gasteiger partial charge in [0.2, 0.25) is 5.88 Å². The minimum atomic E-state index is 0.161. The average molecular weight is 193 g/mol. The molecule has 2 atom stereocenters. The molecule has 0 saturated carbocycles. The van der Waals surface area contributed by atoms with Gasteiger partial charge in [0.05, 0.1) is 6.20 Å². The summed E-state index contributed by atoms with van der Waals surface area (Å²) >= 11 is 0. The highest BCUT2D eigenvalue weighted by molar-refractivity contribution is 5.02. The maximum atomic E-state index is 5.66. The van der Waals surface area contributed by atoms with Crippen LogP contribution in [0.3, 0.4) is 0 Å². The number of nitrogens with one attached hydrogen (secondary N) is 1. The highest BCUT2D eigenvalue weighted by atomic mass is 16.5. The van der Waals surface area contributed by atoms with Gasteiger partial charge < -0.3 is 10.1 Å². The van der Waals surface area contributed by atoms with E-state index in [-0.39, 0.29) is 6.10 Å². The summed E-state index contributed by atoms with van der Waals surface area (Å²) < 4.78 is 5.66. The SMILES string of the molecule is C[C@H](Oc1cnccn1)C1CCCN1. The van der Waals surface area contributed by atoms with Crippen LogP contribution < -0.4 is 10.1 Å². The van der Waals surface area contributed by atoms with E-state index in [1.807, 2.05) is 0 Å². The minimum absolute atomic E-state index is 0.161. The van der Waals surface area contributed by atoms with E-state index in [0.717, 1.165) is 6.54 Å². The van der Waals surface area contributed by atoms with Crippen LogP contribution in [0.15, 0.2) is 18.6 Å². The highest BCUT2D eigenvalue weighted by Crippen LogP contribution is 2.13. The lowest BCUT2D eigenvalue weighted by Crippen LogP contribution is -2.36. The summed E-state index contributed by atoms with van der Waals surface area (Å²) in [4.78, 5) is 8.03. The van der Waals surface area contributed by atoms with Crippen LogP contribution in [0.2, 0.25) is 0 Å². The molecule has 0 amide bonds. The van der Waals surface area contributed by atoms with Gasteiger partial charge in [0.15, 0.2) is 0 Å². The van der Waals surface area contributed by atoms with Crippen LogP contribution in [0, 0.1) is 0 Å². The molecule has 2 heterocycles. The number of hydrogen-bond donors (Lipinski definition) is 1. The molecule has 76 valence electrons. The first kappa shape index (κ1) is 9.40. The first-order chi connectivity index (χ1) is 6.86. The third-order valence-electron chi connectivity index (χ3n) is 2.51. The van der Waals surface area contributed by atoms with Gasteiger partial charge in [-0.15, -0.1) is 0 Å². The van der Waals surface area contributed by atoms with E-state index < -0.39 is 0 Å². The Hall–Kier alpha value is -1.16. The number of aromatic nitrogens is 2. The third kappa shape index (κ3) is 2.20. The lowest BCUT2D eigenvalue weighted by atomic mass is 10.1. The molecule has 0 aromatic carbocycles. The van der Waals surface area contributed by atoms with Crippen molar-refractivity contribution in [3.8, 4) is 5.88 Å². The number of hydrogen-bond acceptors (Lipinski definition) is 4. The molecule has 4 nitrogen and oxygen atoms in total. The van der Waals surface area contributed by atoms with Gasteiger partial charge in [-0.05, 0) is 26.3 Å². The first-order valence-corrected chi connectivity index (χ1v) is 5.02. The first-order valence-electron chi connectivity index (χ1n) is 5.02. The maximum Gasteiger partial charge on any atom is 0.232 e. The fraction of sp³-hybridized carbons (Fsp3) is 0.600. The molecule has 2 rings (SSSR count). The Labute approximate surface area is 83.7 Å². The molecule has 1 aromatic heterocycles. The molecule has 0 radical (unpaired) electrons. The predicted octanol–water partition coefficient (Wildman–Crippen LogP) is 0.996. The molecular weight excluding hydrogens is 178 g/mol. The van der Waals surface area contributed by atoms with Crippen molar-refractivity contribution in [3.63, 3.8) is 0 Å². The third-order valence-corrected chi connectivity index (χ3v) is 2.51. The topological polar surface area (TPSA) is 47.0 Å². The van der Waals surface area contributed by atoms with Gasteiger partial charge in [-0.25, -0.2) is 4.98 Å². The van der Waals surface area contributed by atoms with E-state index in [4.69, 9.17) is 4.74 Å².